The lowest BCUT2D eigenvalue weighted by Gasteiger charge is -2.36. The minimum atomic E-state index is -1.67. The summed E-state index contributed by atoms with van der Waals surface area (Å²) in [7, 11) is -1.67. The van der Waals surface area contributed by atoms with Gasteiger partial charge in [0.25, 0.3) is 0 Å². The second kappa shape index (κ2) is 6.48. The molecule has 1 saturated heterocycles. The van der Waals surface area contributed by atoms with Crippen LogP contribution in [0.1, 0.15) is 47.5 Å². The molecule has 0 radical (unpaired) electrons. The maximum Gasteiger partial charge on any atom is 0.306 e. The molecule has 4 atom stereocenters. The van der Waals surface area contributed by atoms with Crippen molar-refractivity contribution in [1.82, 2.24) is 0 Å². The number of esters is 1. The zero-order valence-corrected chi connectivity index (χ0v) is 15.9. The first kappa shape index (κ1) is 17.7. The Labute approximate surface area is 136 Å². The molecule has 22 heavy (non-hydrogen) atoms. The molecular weight excluding hydrogens is 292 g/mol. The first-order valence-corrected chi connectivity index (χ1v) is 11.3. The van der Waals surface area contributed by atoms with Gasteiger partial charge in [0.15, 0.2) is 8.32 Å². The summed E-state index contributed by atoms with van der Waals surface area (Å²) in [5.41, 5.74) is 0.0426. The summed E-state index contributed by atoms with van der Waals surface area (Å²) >= 11 is 0. The highest BCUT2D eigenvalue weighted by Gasteiger charge is 2.56. The Hall–Kier alpha value is -0.613. The van der Waals surface area contributed by atoms with Gasteiger partial charge in [-0.2, -0.15) is 0 Å². The van der Waals surface area contributed by atoms with Gasteiger partial charge in [-0.25, -0.2) is 0 Å². The van der Waals surface area contributed by atoms with Crippen LogP contribution in [0, 0.1) is 17.3 Å². The predicted molar refractivity (Wildman–Crippen MR) is 92.1 cm³/mol. The number of rotatable bonds is 7. The maximum absolute atomic E-state index is 11.8. The smallest absolute Gasteiger partial charge is 0.306 e. The number of hydrogen-bond acceptors (Lipinski definition) is 3. The summed E-state index contributed by atoms with van der Waals surface area (Å²) in [5, 5.41) is 0. The Bertz CT molecular complexity index is 420. The maximum atomic E-state index is 11.8. The molecule has 0 aromatic rings. The fourth-order valence-corrected chi connectivity index (χ4v) is 7.37. The summed E-state index contributed by atoms with van der Waals surface area (Å²) in [5.74, 6) is 0.615. The number of hydrogen-bond donors (Lipinski definition) is 0. The SMILES string of the molecule is C=C[C@H](O[Si](CC)(CC)CC)[C@@H]1CC(C)(C)[C@@H]2OC(=O)C[C@H]12. The molecule has 1 heterocycles. The first-order chi connectivity index (χ1) is 10.3. The van der Waals surface area contributed by atoms with E-state index in [2.05, 4.69) is 41.2 Å². The van der Waals surface area contributed by atoms with Crippen molar-refractivity contribution < 1.29 is 14.0 Å². The van der Waals surface area contributed by atoms with Gasteiger partial charge >= 0.3 is 5.97 Å². The van der Waals surface area contributed by atoms with E-state index in [-0.39, 0.29) is 23.6 Å². The van der Waals surface area contributed by atoms with Gasteiger partial charge in [0.2, 0.25) is 0 Å². The fraction of sp³-hybridized carbons (Fsp3) is 0.833. The highest BCUT2D eigenvalue weighted by atomic mass is 28.4. The summed E-state index contributed by atoms with van der Waals surface area (Å²) in [4.78, 5) is 11.8. The standard InChI is InChI=1S/C18H32O3Si/c1-7-15(21-22(8-2,9-3)10-4)14-12-18(5,6)17-13(14)11-16(19)20-17/h7,13-15,17H,1,8-12H2,2-6H3/t13-,14-,15+,17-/m1/s1. The topological polar surface area (TPSA) is 35.5 Å². The molecule has 4 heteroatoms. The molecule has 3 nitrogen and oxygen atoms in total. The summed E-state index contributed by atoms with van der Waals surface area (Å²) < 4.78 is 12.3. The number of ether oxygens (including phenoxy) is 1. The lowest BCUT2D eigenvalue weighted by Crippen LogP contribution is -2.42. The molecule has 0 N–H and O–H groups in total. The van der Waals surface area contributed by atoms with E-state index in [4.69, 9.17) is 9.16 Å². The van der Waals surface area contributed by atoms with E-state index in [1.54, 1.807) is 0 Å². The first-order valence-electron chi connectivity index (χ1n) is 8.82. The third-order valence-corrected chi connectivity index (χ3v) is 10.7. The minimum absolute atomic E-state index is 0.0411. The van der Waals surface area contributed by atoms with Crippen molar-refractivity contribution in [3.05, 3.63) is 12.7 Å². The molecule has 1 aliphatic heterocycles. The third-order valence-electron chi connectivity index (χ3n) is 6.11. The molecule has 0 bridgehead atoms. The van der Waals surface area contributed by atoms with Gasteiger partial charge in [-0.3, -0.25) is 4.79 Å². The van der Waals surface area contributed by atoms with E-state index in [9.17, 15) is 4.79 Å². The van der Waals surface area contributed by atoms with Crippen molar-refractivity contribution in [2.75, 3.05) is 0 Å². The van der Waals surface area contributed by atoms with E-state index >= 15 is 0 Å². The monoisotopic (exact) mass is 324 g/mol. The van der Waals surface area contributed by atoms with Crippen LogP contribution in [-0.2, 0) is 14.0 Å². The molecule has 0 spiro atoms. The number of carbonyl (C=O) groups excluding carboxylic acids is 1. The molecular formula is C18H32O3Si. The van der Waals surface area contributed by atoms with Crippen LogP contribution in [0.4, 0.5) is 0 Å². The van der Waals surface area contributed by atoms with Crippen molar-refractivity contribution in [1.29, 1.82) is 0 Å². The van der Waals surface area contributed by atoms with Gasteiger partial charge in [0.05, 0.1) is 12.5 Å². The third kappa shape index (κ3) is 3.05. The molecule has 1 saturated carbocycles. The second-order valence-electron chi connectivity index (χ2n) is 7.70. The van der Waals surface area contributed by atoms with Gasteiger partial charge in [0.1, 0.15) is 6.10 Å². The molecule has 2 rings (SSSR count). The molecule has 0 aromatic carbocycles. The molecule has 1 aliphatic carbocycles. The number of carbonyl (C=O) groups is 1. The highest BCUT2D eigenvalue weighted by Crippen LogP contribution is 2.53. The minimum Gasteiger partial charge on any atom is -0.461 e. The summed E-state index contributed by atoms with van der Waals surface area (Å²) in [6.45, 7) is 15.2. The molecule has 0 aromatic heterocycles. The average molecular weight is 325 g/mol. The van der Waals surface area contributed by atoms with Gasteiger partial charge in [-0.05, 0) is 30.5 Å². The van der Waals surface area contributed by atoms with E-state index in [1.807, 2.05) is 6.08 Å². The average Bonchev–Trinajstić information content (AvgIpc) is 2.99. The highest BCUT2D eigenvalue weighted by molar-refractivity contribution is 6.73. The lowest BCUT2D eigenvalue weighted by molar-refractivity contribution is -0.145. The summed E-state index contributed by atoms with van der Waals surface area (Å²) in [6.07, 6.45) is 3.70. The van der Waals surface area contributed by atoms with Crippen LogP contribution in [0.25, 0.3) is 0 Å². The van der Waals surface area contributed by atoms with Crippen molar-refractivity contribution in [2.24, 2.45) is 17.3 Å². The van der Waals surface area contributed by atoms with Crippen LogP contribution in [0.3, 0.4) is 0 Å². The molecule has 126 valence electrons. The van der Waals surface area contributed by atoms with E-state index in [0.29, 0.717) is 18.3 Å². The van der Waals surface area contributed by atoms with Crippen LogP contribution >= 0.6 is 0 Å². The molecule has 2 fully saturated rings. The van der Waals surface area contributed by atoms with Crippen LogP contribution in [-0.4, -0.2) is 26.5 Å². The molecule has 2 aliphatic rings. The van der Waals surface area contributed by atoms with Crippen LogP contribution < -0.4 is 0 Å². The van der Waals surface area contributed by atoms with Gasteiger partial charge < -0.3 is 9.16 Å². The van der Waals surface area contributed by atoms with Crippen LogP contribution in [0.15, 0.2) is 12.7 Å². The van der Waals surface area contributed by atoms with Gasteiger partial charge in [-0.1, -0.05) is 40.7 Å². The summed E-state index contributed by atoms with van der Waals surface area (Å²) in [6, 6.07) is 3.43. The largest absolute Gasteiger partial charge is 0.461 e. The van der Waals surface area contributed by atoms with Gasteiger partial charge in [-0.15, -0.1) is 6.58 Å². The van der Waals surface area contributed by atoms with Gasteiger partial charge in [0, 0.05) is 11.3 Å². The Morgan fingerprint density at radius 1 is 1.36 bits per heavy atom. The number of fused-ring (bicyclic) bond motifs is 1. The zero-order chi connectivity index (χ0) is 16.5. The van der Waals surface area contributed by atoms with E-state index < -0.39 is 8.32 Å². The van der Waals surface area contributed by atoms with Crippen molar-refractivity contribution in [3.8, 4) is 0 Å². The quantitative estimate of drug-likeness (QED) is 0.392. The van der Waals surface area contributed by atoms with E-state index in [1.165, 1.54) is 0 Å². The lowest BCUT2D eigenvalue weighted by atomic mass is 9.87. The fourth-order valence-electron chi connectivity index (χ4n) is 4.53. The van der Waals surface area contributed by atoms with Crippen molar-refractivity contribution in [2.45, 2.75) is 77.8 Å². The predicted octanol–water partition coefficient (Wildman–Crippen LogP) is 4.54. The zero-order valence-electron chi connectivity index (χ0n) is 14.9. The Balaban J connectivity index is 2.21. The molecule has 0 unspecified atom stereocenters. The van der Waals surface area contributed by atoms with Crippen molar-refractivity contribution in [3.63, 3.8) is 0 Å². The van der Waals surface area contributed by atoms with Crippen molar-refractivity contribution >= 4 is 14.3 Å². The Kier molecular flexibility index (Phi) is 5.22. The normalized spacial score (nSPS) is 31.7. The van der Waals surface area contributed by atoms with Crippen LogP contribution in [0.2, 0.25) is 18.1 Å². The van der Waals surface area contributed by atoms with E-state index in [0.717, 1.165) is 24.6 Å². The molecule has 0 amide bonds. The van der Waals surface area contributed by atoms with Crippen LogP contribution in [0.5, 0.6) is 0 Å². The Morgan fingerprint density at radius 2 is 1.95 bits per heavy atom. The second-order valence-corrected chi connectivity index (χ2v) is 12.4. The Morgan fingerprint density at radius 3 is 2.45 bits per heavy atom.